The molecule has 0 fully saturated rings. The first-order chi connectivity index (χ1) is 6.22. The van der Waals surface area contributed by atoms with Gasteiger partial charge in [0.1, 0.15) is 5.69 Å². The smallest absolute Gasteiger partial charge is 0.109 e. The Bertz CT molecular complexity index is 289. The Morgan fingerprint density at radius 1 is 1.38 bits per heavy atom. The van der Waals surface area contributed by atoms with Crippen LogP contribution < -0.4 is 0 Å². The molecule has 0 bridgehead atoms. The van der Waals surface area contributed by atoms with E-state index in [0.29, 0.717) is 10.9 Å². The number of rotatable bonds is 4. The van der Waals surface area contributed by atoms with Crippen molar-refractivity contribution >= 4 is 27.3 Å². The molecule has 0 aliphatic carbocycles. The molecule has 0 aliphatic heterocycles. The van der Waals surface area contributed by atoms with Gasteiger partial charge in [-0.2, -0.15) is 0 Å². The van der Waals surface area contributed by atoms with Crippen LogP contribution in [0, 0.1) is 4.91 Å². The number of nitroso groups, excluding NO2 is 1. The molecule has 70 valence electrons. The molecule has 0 unspecified atom stereocenters. The van der Waals surface area contributed by atoms with Gasteiger partial charge in [-0.3, -0.25) is 0 Å². The van der Waals surface area contributed by atoms with Crippen molar-refractivity contribution in [1.82, 2.24) is 0 Å². The first kappa shape index (κ1) is 10.6. The fourth-order valence-electron chi connectivity index (χ4n) is 0.744. The maximum atomic E-state index is 10.2. The summed E-state index contributed by atoms with van der Waals surface area (Å²) in [6.07, 6.45) is 0. The van der Waals surface area contributed by atoms with Gasteiger partial charge in [0.25, 0.3) is 0 Å². The van der Waals surface area contributed by atoms with Crippen LogP contribution in [0.3, 0.4) is 0 Å². The van der Waals surface area contributed by atoms with E-state index in [1.54, 1.807) is 33.7 Å². The fraction of sp³-hybridized carbons (Fsp3) is 0.333. The quantitative estimate of drug-likeness (QED) is 0.553. The minimum atomic E-state index is 0.495. The monoisotopic (exact) mass is 213 g/mol. The van der Waals surface area contributed by atoms with Gasteiger partial charge in [0.2, 0.25) is 0 Å². The van der Waals surface area contributed by atoms with E-state index in [-0.39, 0.29) is 0 Å². The fourth-order valence-corrected chi connectivity index (χ4v) is 2.57. The third kappa shape index (κ3) is 3.83. The van der Waals surface area contributed by atoms with Crippen LogP contribution in [-0.2, 0) is 0 Å². The summed E-state index contributed by atoms with van der Waals surface area (Å²) in [4.78, 5) is 11.3. The van der Waals surface area contributed by atoms with E-state index in [1.165, 1.54) is 0 Å². The predicted molar refractivity (Wildman–Crippen MR) is 60.5 cm³/mol. The lowest BCUT2D eigenvalue weighted by molar-refractivity contribution is 1.12. The Morgan fingerprint density at radius 2 is 2.15 bits per heavy atom. The molecule has 0 amide bonds. The molecule has 2 nitrogen and oxygen atoms in total. The van der Waals surface area contributed by atoms with Crippen LogP contribution in [0.4, 0.5) is 5.69 Å². The Labute approximate surface area is 85.9 Å². The van der Waals surface area contributed by atoms with Gasteiger partial charge in [-0.15, -0.1) is 4.91 Å². The second-order valence-corrected chi connectivity index (χ2v) is 5.67. The van der Waals surface area contributed by atoms with Gasteiger partial charge in [-0.1, -0.05) is 41.5 Å². The van der Waals surface area contributed by atoms with Gasteiger partial charge >= 0.3 is 0 Å². The molecule has 0 atom stereocenters. The van der Waals surface area contributed by atoms with Crippen LogP contribution in [0.15, 0.2) is 34.3 Å². The molecule has 0 aliphatic rings. The van der Waals surface area contributed by atoms with Crippen molar-refractivity contribution in [2.24, 2.45) is 5.18 Å². The van der Waals surface area contributed by atoms with Gasteiger partial charge in [0, 0.05) is 10.1 Å². The molecular formula is C9H11NOS2. The molecule has 4 heteroatoms. The van der Waals surface area contributed by atoms with Crippen LogP contribution >= 0.6 is 21.6 Å². The van der Waals surface area contributed by atoms with Gasteiger partial charge in [0.05, 0.1) is 0 Å². The maximum Gasteiger partial charge on any atom is 0.109 e. The van der Waals surface area contributed by atoms with Gasteiger partial charge in [-0.05, 0) is 23.4 Å². The maximum absolute atomic E-state index is 10.2. The normalized spacial score (nSPS) is 10.4. The summed E-state index contributed by atoms with van der Waals surface area (Å²) < 4.78 is 0. The second kappa shape index (κ2) is 5.29. The Hall–Kier alpha value is -0.480. The van der Waals surface area contributed by atoms with Crippen molar-refractivity contribution in [3.63, 3.8) is 0 Å². The molecular weight excluding hydrogens is 202 g/mol. The van der Waals surface area contributed by atoms with Crippen molar-refractivity contribution in [1.29, 1.82) is 0 Å². The first-order valence-corrected chi connectivity index (χ1v) is 6.20. The van der Waals surface area contributed by atoms with Crippen molar-refractivity contribution in [2.75, 3.05) is 0 Å². The van der Waals surface area contributed by atoms with E-state index in [2.05, 4.69) is 19.0 Å². The summed E-state index contributed by atoms with van der Waals surface area (Å²) >= 11 is 0. The highest BCUT2D eigenvalue weighted by atomic mass is 33.1. The van der Waals surface area contributed by atoms with E-state index >= 15 is 0 Å². The highest BCUT2D eigenvalue weighted by molar-refractivity contribution is 8.76. The van der Waals surface area contributed by atoms with Crippen molar-refractivity contribution in [2.45, 2.75) is 24.0 Å². The van der Waals surface area contributed by atoms with Crippen LogP contribution in [0.25, 0.3) is 0 Å². The molecule has 13 heavy (non-hydrogen) atoms. The first-order valence-electron chi connectivity index (χ1n) is 3.99. The van der Waals surface area contributed by atoms with Crippen LogP contribution in [-0.4, -0.2) is 5.25 Å². The molecule has 1 rings (SSSR count). The summed E-state index contributed by atoms with van der Waals surface area (Å²) in [5.74, 6) is 0. The lowest BCUT2D eigenvalue weighted by Crippen LogP contribution is -1.80. The molecule has 0 saturated carbocycles. The van der Waals surface area contributed by atoms with Crippen LogP contribution in [0.1, 0.15) is 13.8 Å². The van der Waals surface area contributed by atoms with Gasteiger partial charge in [0.15, 0.2) is 0 Å². The van der Waals surface area contributed by atoms with E-state index in [0.717, 1.165) is 4.90 Å². The summed E-state index contributed by atoms with van der Waals surface area (Å²) in [5.41, 5.74) is 0.495. The SMILES string of the molecule is CC(C)SSc1cccc(N=O)c1. The van der Waals surface area contributed by atoms with E-state index in [9.17, 15) is 4.91 Å². The summed E-state index contributed by atoms with van der Waals surface area (Å²) in [5, 5.41) is 3.47. The van der Waals surface area contributed by atoms with Gasteiger partial charge in [-0.25, -0.2) is 0 Å². The average Bonchev–Trinajstić information content (AvgIpc) is 2.15. The third-order valence-electron chi connectivity index (χ3n) is 1.26. The Kier molecular flexibility index (Phi) is 4.32. The zero-order valence-corrected chi connectivity index (χ0v) is 9.19. The molecule has 0 saturated heterocycles. The van der Waals surface area contributed by atoms with E-state index < -0.39 is 0 Å². The molecule has 0 aromatic heterocycles. The van der Waals surface area contributed by atoms with Crippen molar-refractivity contribution in [3.8, 4) is 0 Å². The number of nitrogens with zero attached hydrogens (tertiary/aromatic N) is 1. The molecule has 0 N–H and O–H groups in total. The number of benzene rings is 1. The zero-order chi connectivity index (χ0) is 9.68. The molecule has 0 spiro atoms. The van der Waals surface area contributed by atoms with E-state index in [1.807, 2.05) is 12.1 Å². The van der Waals surface area contributed by atoms with Crippen LogP contribution in [0.2, 0.25) is 0 Å². The van der Waals surface area contributed by atoms with Crippen molar-refractivity contribution in [3.05, 3.63) is 29.2 Å². The van der Waals surface area contributed by atoms with E-state index in [4.69, 9.17) is 0 Å². The molecule has 1 aromatic rings. The average molecular weight is 213 g/mol. The Morgan fingerprint density at radius 3 is 2.77 bits per heavy atom. The number of hydrogen-bond acceptors (Lipinski definition) is 4. The Balaban J connectivity index is 2.61. The summed E-state index contributed by atoms with van der Waals surface area (Å²) in [7, 11) is 3.45. The molecule has 0 heterocycles. The van der Waals surface area contributed by atoms with Crippen LogP contribution in [0.5, 0.6) is 0 Å². The molecule has 0 radical (unpaired) electrons. The highest BCUT2D eigenvalue weighted by Crippen LogP contribution is 2.35. The predicted octanol–water partition coefficient (Wildman–Crippen LogP) is 4.23. The molecule has 1 aromatic carbocycles. The zero-order valence-electron chi connectivity index (χ0n) is 7.56. The van der Waals surface area contributed by atoms with Gasteiger partial charge < -0.3 is 0 Å². The summed E-state index contributed by atoms with van der Waals surface area (Å²) in [6.45, 7) is 4.28. The topological polar surface area (TPSA) is 29.4 Å². The standard InChI is InChI=1S/C9H11NOS2/c1-7(2)12-13-9-5-3-4-8(6-9)10-11/h3-7H,1-2H3. The number of hydrogen-bond donors (Lipinski definition) is 0. The second-order valence-electron chi connectivity index (χ2n) is 2.82. The minimum absolute atomic E-state index is 0.495. The largest absolute Gasteiger partial charge is 0.145 e. The lowest BCUT2D eigenvalue weighted by Gasteiger charge is -2.03. The minimum Gasteiger partial charge on any atom is -0.145 e. The van der Waals surface area contributed by atoms with Crippen molar-refractivity contribution < 1.29 is 0 Å². The lowest BCUT2D eigenvalue weighted by atomic mass is 10.3. The third-order valence-corrected chi connectivity index (χ3v) is 4.21. The highest BCUT2D eigenvalue weighted by Gasteiger charge is 1.99. The summed E-state index contributed by atoms with van der Waals surface area (Å²) in [6, 6.07) is 7.33.